The van der Waals surface area contributed by atoms with Gasteiger partial charge in [-0.15, -0.1) is 10.2 Å². The Morgan fingerprint density at radius 1 is 1.30 bits per heavy atom. The molecule has 1 aliphatic carbocycles. The Morgan fingerprint density at radius 3 is 2.83 bits per heavy atom. The summed E-state index contributed by atoms with van der Waals surface area (Å²) >= 11 is 6.38. The summed E-state index contributed by atoms with van der Waals surface area (Å²) in [5.74, 6) is 1.54. The fourth-order valence-electron chi connectivity index (χ4n) is 4.98. The number of aryl methyl sites for hydroxylation is 2. The Balaban J connectivity index is 1.43. The van der Waals surface area contributed by atoms with Crippen molar-refractivity contribution < 1.29 is 9.21 Å². The Morgan fingerprint density at radius 2 is 2.13 bits per heavy atom. The Bertz CT molecular complexity index is 1120. The van der Waals surface area contributed by atoms with Crippen molar-refractivity contribution in [3.63, 3.8) is 0 Å². The number of hydrogen-bond donors (Lipinski definition) is 1. The number of amides is 2. The predicted molar refractivity (Wildman–Crippen MR) is 112 cm³/mol. The number of fused-ring (bicyclic) bond motifs is 2. The van der Waals surface area contributed by atoms with Crippen LogP contribution in [0.1, 0.15) is 38.0 Å². The molecule has 2 aliphatic rings. The highest BCUT2D eigenvalue weighted by Gasteiger charge is 2.62. The molecule has 0 spiro atoms. The molecule has 3 atom stereocenters. The maximum Gasteiger partial charge on any atom is 0.323 e. The highest BCUT2D eigenvalue weighted by molar-refractivity contribution is 6.33. The summed E-state index contributed by atoms with van der Waals surface area (Å²) in [7, 11) is 1.85. The first kappa shape index (κ1) is 19.1. The Hall–Kier alpha value is -2.87. The smallest absolute Gasteiger partial charge is 0.323 e. The lowest BCUT2D eigenvalue weighted by Gasteiger charge is -2.61. The molecular formula is C21H23ClN6O2. The van der Waals surface area contributed by atoms with Crippen LogP contribution in [0.25, 0.3) is 11.3 Å². The number of hydrogen-bond acceptors (Lipinski definition) is 5. The lowest BCUT2D eigenvalue weighted by Crippen LogP contribution is -2.70. The van der Waals surface area contributed by atoms with Crippen LogP contribution in [0.3, 0.4) is 0 Å². The van der Waals surface area contributed by atoms with Crippen LogP contribution >= 0.6 is 11.6 Å². The fraction of sp³-hybridized carbons (Fsp3) is 0.429. The maximum atomic E-state index is 13.3. The average Bonchev–Trinajstić information content (AvgIpc) is 3.31. The van der Waals surface area contributed by atoms with Gasteiger partial charge in [0.25, 0.3) is 0 Å². The van der Waals surface area contributed by atoms with Gasteiger partial charge in [0.1, 0.15) is 5.54 Å². The van der Waals surface area contributed by atoms with Crippen LogP contribution in [-0.4, -0.2) is 37.0 Å². The van der Waals surface area contributed by atoms with E-state index in [4.69, 9.17) is 16.0 Å². The largest absolute Gasteiger partial charge is 0.423 e. The molecule has 3 aromatic rings. The highest BCUT2D eigenvalue weighted by atomic mass is 35.5. The summed E-state index contributed by atoms with van der Waals surface area (Å²) in [6.45, 7) is 3.98. The third kappa shape index (κ3) is 2.98. The Labute approximate surface area is 179 Å². The second-order valence-electron chi connectivity index (χ2n) is 8.43. The van der Waals surface area contributed by atoms with E-state index in [1.165, 1.54) is 0 Å². The molecule has 0 unspecified atom stereocenters. The number of piperidine rings is 1. The number of rotatable bonds is 3. The monoisotopic (exact) mass is 426 g/mol. The van der Waals surface area contributed by atoms with Gasteiger partial charge in [0.05, 0.1) is 10.7 Å². The number of carbonyl (C=O) groups is 1. The quantitative estimate of drug-likeness (QED) is 0.671. The van der Waals surface area contributed by atoms with Crippen LogP contribution < -0.4 is 5.32 Å². The molecule has 1 saturated carbocycles. The van der Waals surface area contributed by atoms with Gasteiger partial charge < -0.3 is 14.6 Å². The molecule has 2 fully saturated rings. The third-order valence-electron chi connectivity index (χ3n) is 6.11. The van der Waals surface area contributed by atoms with Gasteiger partial charge in [-0.25, -0.2) is 4.79 Å². The van der Waals surface area contributed by atoms with Crippen LogP contribution in [0.5, 0.6) is 0 Å². The zero-order valence-electron chi connectivity index (χ0n) is 17.1. The molecule has 2 aromatic heterocycles. The maximum absolute atomic E-state index is 13.3. The SMILES string of the molecule is Cc1nnc([C@]23C[C@@H](C)C[C@H](C2)N3C(=O)Nc2ccc(Cl)c(-c3ccn(C)n3)c2)o1. The summed E-state index contributed by atoms with van der Waals surface area (Å²) in [5.41, 5.74) is 1.67. The fourth-order valence-corrected chi connectivity index (χ4v) is 5.19. The number of aromatic nitrogens is 4. The number of halogens is 1. The minimum Gasteiger partial charge on any atom is -0.423 e. The van der Waals surface area contributed by atoms with Crippen molar-refractivity contribution in [1.29, 1.82) is 0 Å². The van der Waals surface area contributed by atoms with E-state index in [0.29, 0.717) is 28.4 Å². The molecule has 0 radical (unpaired) electrons. The van der Waals surface area contributed by atoms with Crippen LogP contribution in [0.4, 0.5) is 10.5 Å². The second-order valence-corrected chi connectivity index (χ2v) is 8.84. The molecule has 3 heterocycles. The number of benzene rings is 1. The highest BCUT2D eigenvalue weighted by Crippen LogP contribution is 2.55. The lowest BCUT2D eigenvalue weighted by molar-refractivity contribution is -0.110. The molecule has 1 saturated heterocycles. The van der Waals surface area contributed by atoms with E-state index in [1.54, 1.807) is 23.7 Å². The minimum absolute atomic E-state index is 0.164. The van der Waals surface area contributed by atoms with E-state index in [-0.39, 0.29) is 12.1 Å². The number of nitrogens with one attached hydrogen (secondary N) is 1. The van der Waals surface area contributed by atoms with Crippen LogP contribution in [-0.2, 0) is 12.6 Å². The van der Waals surface area contributed by atoms with E-state index < -0.39 is 5.54 Å². The molecule has 9 heteroatoms. The molecule has 156 valence electrons. The molecule has 8 nitrogen and oxygen atoms in total. The van der Waals surface area contributed by atoms with Gasteiger partial charge in [0, 0.05) is 43.9 Å². The van der Waals surface area contributed by atoms with Crippen molar-refractivity contribution in [2.45, 2.75) is 44.7 Å². The van der Waals surface area contributed by atoms with Gasteiger partial charge in [-0.05, 0) is 43.0 Å². The molecule has 30 heavy (non-hydrogen) atoms. The average molecular weight is 427 g/mol. The third-order valence-corrected chi connectivity index (χ3v) is 6.44. The van der Waals surface area contributed by atoms with E-state index >= 15 is 0 Å². The number of carbonyl (C=O) groups excluding carboxylic acids is 1. The zero-order chi connectivity index (χ0) is 21.0. The van der Waals surface area contributed by atoms with E-state index in [9.17, 15) is 4.79 Å². The van der Waals surface area contributed by atoms with Gasteiger partial charge in [0.15, 0.2) is 0 Å². The van der Waals surface area contributed by atoms with Gasteiger partial charge in [-0.2, -0.15) is 5.10 Å². The minimum atomic E-state index is -0.524. The van der Waals surface area contributed by atoms with Gasteiger partial charge >= 0.3 is 6.03 Å². The zero-order valence-corrected chi connectivity index (χ0v) is 17.8. The number of urea groups is 1. The van der Waals surface area contributed by atoms with Gasteiger partial charge in [-0.1, -0.05) is 18.5 Å². The van der Waals surface area contributed by atoms with Crippen LogP contribution in [0, 0.1) is 12.8 Å². The summed E-state index contributed by atoms with van der Waals surface area (Å²) in [6.07, 6.45) is 4.50. The van der Waals surface area contributed by atoms with Crippen molar-refractivity contribution in [3.8, 4) is 11.3 Å². The molecule has 5 rings (SSSR count). The van der Waals surface area contributed by atoms with E-state index in [2.05, 4.69) is 27.5 Å². The molecule has 1 N–H and O–H groups in total. The number of nitrogens with zero attached hydrogens (tertiary/aromatic N) is 5. The van der Waals surface area contributed by atoms with Gasteiger partial charge in [-0.3, -0.25) is 4.68 Å². The Kier molecular flexibility index (Phi) is 4.36. The number of anilines is 1. The number of likely N-dealkylation sites (tertiary alicyclic amines) is 1. The summed E-state index contributed by atoms with van der Waals surface area (Å²) < 4.78 is 7.48. The first-order chi connectivity index (χ1) is 14.4. The lowest BCUT2D eigenvalue weighted by atomic mass is 9.64. The van der Waals surface area contributed by atoms with Crippen LogP contribution in [0.15, 0.2) is 34.9 Å². The van der Waals surface area contributed by atoms with Crippen molar-refractivity contribution in [2.24, 2.45) is 13.0 Å². The van der Waals surface area contributed by atoms with Crippen molar-refractivity contribution in [2.75, 3.05) is 5.32 Å². The molecule has 1 aromatic carbocycles. The van der Waals surface area contributed by atoms with Crippen LogP contribution in [0.2, 0.25) is 5.02 Å². The standard InChI is InChI=1S/C21H23ClN6O2/c1-12-8-15-11-21(10-12,19-25-24-13(2)30-19)28(15)20(29)23-14-4-5-17(22)16(9-14)18-6-7-27(3)26-18/h4-7,9,12,15H,8,10-11H2,1-3H3,(H,23,29)/t12-,15+,21-/m0/s1. The first-order valence-electron chi connectivity index (χ1n) is 10.1. The molecule has 1 aliphatic heterocycles. The normalized spacial score (nSPS) is 25.1. The van der Waals surface area contributed by atoms with Gasteiger partial charge in [0.2, 0.25) is 11.8 Å². The van der Waals surface area contributed by atoms with E-state index in [1.807, 2.05) is 30.3 Å². The van der Waals surface area contributed by atoms with Crippen molar-refractivity contribution in [3.05, 3.63) is 47.3 Å². The van der Waals surface area contributed by atoms with Crippen molar-refractivity contribution >= 4 is 23.3 Å². The molecular weight excluding hydrogens is 404 g/mol. The summed E-state index contributed by atoms with van der Waals surface area (Å²) in [4.78, 5) is 15.2. The van der Waals surface area contributed by atoms with Crippen molar-refractivity contribution in [1.82, 2.24) is 24.9 Å². The summed E-state index contributed by atoms with van der Waals surface area (Å²) in [5, 5.41) is 16.3. The second kappa shape index (κ2) is 6.84. The van der Waals surface area contributed by atoms with E-state index in [0.717, 1.165) is 30.5 Å². The molecule has 2 amide bonds. The topological polar surface area (TPSA) is 89.1 Å². The first-order valence-corrected chi connectivity index (χ1v) is 10.4. The molecule has 2 bridgehead atoms. The predicted octanol–water partition coefficient (Wildman–Crippen LogP) is 4.36. The summed E-state index contributed by atoms with van der Waals surface area (Å²) in [6, 6.07) is 7.32.